The normalized spacial score (nSPS) is 28.0. The van der Waals surface area contributed by atoms with E-state index in [4.69, 9.17) is 14.2 Å². The van der Waals surface area contributed by atoms with Crippen molar-refractivity contribution in [2.45, 2.75) is 57.2 Å². The van der Waals surface area contributed by atoms with Crippen molar-refractivity contribution >= 4 is 17.3 Å². The van der Waals surface area contributed by atoms with Crippen LogP contribution in [0.5, 0.6) is 0 Å². The van der Waals surface area contributed by atoms with Crippen molar-refractivity contribution in [3.63, 3.8) is 0 Å². The lowest BCUT2D eigenvalue weighted by atomic mass is 9.83. The lowest BCUT2D eigenvalue weighted by Gasteiger charge is -2.52. The fourth-order valence-electron chi connectivity index (χ4n) is 6.42. The summed E-state index contributed by atoms with van der Waals surface area (Å²) in [5.41, 5.74) is 0.241. The Kier molecular flexibility index (Phi) is 6.44. The third kappa shape index (κ3) is 4.40. The van der Waals surface area contributed by atoms with E-state index in [2.05, 4.69) is 28.4 Å². The Morgan fingerprint density at radius 2 is 1.92 bits per heavy atom. The number of hydrogen-bond acceptors (Lipinski definition) is 7. The fraction of sp³-hybridized carbons (Fsp3) is 0.536. The number of thiophene rings is 1. The van der Waals surface area contributed by atoms with Crippen LogP contribution in [0.3, 0.4) is 0 Å². The maximum Gasteiger partial charge on any atom is 0.332 e. The number of rotatable bonds is 7. The van der Waals surface area contributed by atoms with Gasteiger partial charge in [0.15, 0.2) is 18.2 Å². The molecular formula is C28H35N4O3S+. The second-order valence-electron chi connectivity index (χ2n) is 10.9. The van der Waals surface area contributed by atoms with E-state index in [1.165, 1.54) is 6.42 Å². The summed E-state index contributed by atoms with van der Waals surface area (Å²) in [7, 11) is 0. The summed E-state index contributed by atoms with van der Waals surface area (Å²) in [6, 6.07) is 14.1. The average Bonchev–Trinajstić information content (AvgIpc) is 3.63. The van der Waals surface area contributed by atoms with Crippen molar-refractivity contribution in [2.24, 2.45) is 5.92 Å². The van der Waals surface area contributed by atoms with Gasteiger partial charge in [-0.25, -0.2) is 4.79 Å². The number of ether oxygens (including phenoxy) is 1. The van der Waals surface area contributed by atoms with Crippen molar-refractivity contribution in [3.8, 4) is 11.4 Å². The largest absolute Gasteiger partial charge is 0.454 e. The third-order valence-electron chi connectivity index (χ3n) is 8.66. The van der Waals surface area contributed by atoms with Crippen LogP contribution in [0.2, 0.25) is 0 Å². The Hall–Kier alpha value is -2.55. The second kappa shape index (κ2) is 9.72. The van der Waals surface area contributed by atoms with Crippen LogP contribution < -0.4 is 0 Å². The van der Waals surface area contributed by atoms with E-state index in [0.717, 1.165) is 73.3 Å². The van der Waals surface area contributed by atoms with Gasteiger partial charge in [-0.05, 0) is 44.3 Å². The van der Waals surface area contributed by atoms with Crippen molar-refractivity contribution in [3.05, 3.63) is 58.6 Å². The van der Waals surface area contributed by atoms with Crippen molar-refractivity contribution in [1.29, 1.82) is 0 Å². The van der Waals surface area contributed by atoms with Crippen LogP contribution in [-0.4, -0.2) is 64.3 Å². The van der Waals surface area contributed by atoms with E-state index in [0.29, 0.717) is 24.2 Å². The molecule has 3 aromatic rings. The number of esters is 1. The van der Waals surface area contributed by atoms with Crippen LogP contribution >= 0.6 is 11.3 Å². The molecule has 4 aliphatic heterocycles. The first kappa shape index (κ1) is 23.8. The third-order valence-corrected chi connectivity index (χ3v) is 9.74. The molecule has 2 atom stereocenters. The molecule has 8 heteroatoms. The number of quaternary nitrogens is 1. The first-order valence-electron chi connectivity index (χ1n) is 13.3. The lowest BCUT2D eigenvalue weighted by Crippen LogP contribution is -2.64. The van der Waals surface area contributed by atoms with E-state index in [1.54, 1.807) is 11.3 Å². The Balaban J connectivity index is 1.19. The molecule has 0 amide bonds. The first-order valence-corrected chi connectivity index (χ1v) is 14.2. The molecule has 7 rings (SSSR count). The Morgan fingerprint density at radius 3 is 2.64 bits per heavy atom. The number of carbonyl (C=O) groups is 1. The van der Waals surface area contributed by atoms with Crippen molar-refractivity contribution in [2.75, 3.05) is 32.7 Å². The number of carbonyl (C=O) groups excluding carboxylic acids is 1. The van der Waals surface area contributed by atoms with Gasteiger partial charge in [0.1, 0.15) is 6.54 Å². The Bertz CT molecular complexity index is 1170. The van der Waals surface area contributed by atoms with Gasteiger partial charge in [-0.3, -0.25) is 4.90 Å². The fourth-order valence-corrected chi connectivity index (χ4v) is 7.32. The molecule has 2 bridgehead atoms. The molecule has 1 unspecified atom stereocenters. The number of benzene rings is 1. The van der Waals surface area contributed by atoms with Gasteiger partial charge in [-0.1, -0.05) is 48.0 Å². The van der Waals surface area contributed by atoms with Gasteiger partial charge in [-0.15, -0.1) is 11.3 Å². The summed E-state index contributed by atoms with van der Waals surface area (Å²) < 4.78 is 13.0. The molecule has 36 heavy (non-hydrogen) atoms. The minimum Gasteiger partial charge on any atom is -0.454 e. The summed E-state index contributed by atoms with van der Waals surface area (Å²) in [6.45, 7) is 7.60. The average molecular weight is 508 g/mol. The second-order valence-corrected chi connectivity index (χ2v) is 11.8. The van der Waals surface area contributed by atoms with E-state index in [1.807, 2.05) is 36.4 Å². The first-order chi connectivity index (χ1) is 17.6. The summed E-state index contributed by atoms with van der Waals surface area (Å²) in [4.78, 5) is 22.1. The highest BCUT2D eigenvalue weighted by Crippen LogP contribution is 2.40. The SMILES string of the molecule is CC(C(=O)O[C@@H]1C[N+]2(Cc3nc(-c4ccccc4)no3)CCC1CC2)(c1cccs1)N1CCCCC1. The molecule has 0 saturated carbocycles. The smallest absolute Gasteiger partial charge is 0.332 e. The molecule has 2 aromatic heterocycles. The van der Waals surface area contributed by atoms with Crippen molar-refractivity contribution in [1.82, 2.24) is 15.0 Å². The lowest BCUT2D eigenvalue weighted by molar-refractivity contribution is -0.959. The number of aromatic nitrogens is 2. The number of piperidine rings is 4. The van der Waals surface area contributed by atoms with Gasteiger partial charge in [0.25, 0.3) is 5.89 Å². The van der Waals surface area contributed by atoms with Crippen LogP contribution in [-0.2, 0) is 21.6 Å². The van der Waals surface area contributed by atoms with Crippen molar-refractivity contribution < 1.29 is 18.5 Å². The zero-order chi connectivity index (χ0) is 24.6. The monoisotopic (exact) mass is 507 g/mol. The minimum atomic E-state index is -0.720. The van der Waals surface area contributed by atoms with Gasteiger partial charge in [0.05, 0.1) is 13.1 Å². The van der Waals surface area contributed by atoms with Crippen LogP contribution in [0.1, 0.15) is 49.8 Å². The van der Waals surface area contributed by atoms with Crippen LogP contribution in [0.15, 0.2) is 52.4 Å². The van der Waals surface area contributed by atoms with Gasteiger partial charge >= 0.3 is 5.97 Å². The zero-order valence-corrected chi connectivity index (χ0v) is 21.8. The molecular weight excluding hydrogens is 472 g/mol. The van der Waals surface area contributed by atoms with Gasteiger partial charge in [0.2, 0.25) is 5.82 Å². The van der Waals surface area contributed by atoms with Gasteiger partial charge in [0, 0.05) is 29.2 Å². The quantitative estimate of drug-likeness (QED) is 0.336. The maximum atomic E-state index is 13.9. The molecule has 4 fully saturated rings. The predicted octanol–water partition coefficient (Wildman–Crippen LogP) is 4.85. The zero-order valence-electron chi connectivity index (χ0n) is 21.0. The van der Waals surface area contributed by atoms with E-state index in [-0.39, 0.29) is 12.1 Å². The summed E-state index contributed by atoms with van der Waals surface area (Å²) in [5.74, 6) is 1.64. The Morgan fingerprint density at radius 1 is 1.14 bits per heavy atom. The molecule has 0 aliphatic carbocycles. The summed E-state index contributed by atoms with van der Waals surface area (Å²) >= 11 is 1.66. The number of nitrogens with zero attached hydrogens (tertiary/aromatic N) is 4. The molecule has 1 aromatic carbocycles. The highest BCUT2D eigenvalue weighted by Gasteiger charge is 2.51. The number of likely N-dealkylation sites (tertiary alicyclic amines) is 1. The van der Waals surface area contributed by atoms with E-state index < -0.39 is 5.54 Å². The molecule has 0 radical (unpaired) electrons. The highest BCUT2D eigenvalue weighted by molar-refractivity contribution is 7.10. The summed E-state index contributed by atoms with van der Waals surface area (Å²) in [5, 5.41) is 6.29. The van der Waals surface area contributed by atoms with Gasteiger partial charge < -0.3 is 13.7 Å². The Labute approximate surface area is 216 Å². The molecule has 190 valence electrons. The topological polar surface area (TPSA) is 68.5 Å². The standard InChI is InChI=1S/C28H35N4O3S/c1-28(24-11-8-18-36-24,31-14-6-3-7-15-31)27(33)34-23-19-32(16-12-21(23)13-17-32)20-25-29-26(30-35-25)22-9-4-2-5-10-22/h2,4-5,8-11,18,21,23H,3,6-7,12-17,19-20H2,1H3/q+1/t21?,23-,28?,32?/m1/s1. The number of hydrogen-bond donors (Lipinski definition) is 0. The molecule has 7 nitrogen and oxygen atoms in total. The minimum absolute atomic E-state index is 0.0689. The van der Waals surface area contributed by atoms with E-state index in [9.17, 15) is 4.79 Å². The molecule has 4 saturated heterocycles. The number of fused-ring (bicyclic) bond motifs is 3. The van der Waals surface area contributed by atoms with Crippen LogP contribution in [0.4, 0.5) is 0 Å². The van der Waals surface area contributed by atoms with Crippen LogP contribution in [0.25, 0.3) is 11.4 Å². The predicted molar refractivity (Wildman–Crippen MR) is 138 cm³/mol. The maximum absolute atomic E-state index is 13.9. The molecule has 0 N–H and O–H groups in total. The molecule has 0 spiro atoms. The molecule has 6 heterocycles. The summed E-state index contributed by atoms with van der Waals surface area (Å²) in [6.07, 6.45) is 5.57. The van der Waals surface area contributed by atoms with Gasteiger partial charge in [-0.2, -0.15) is 4.98 Å². The highest BCUT2D eigenvalue weighted by atomic mass is 32.1. The van der Waals surface area contributed by atoms with Crippen LogP contribution in [0, 0.1) is 5.92 Å². The van der Waals surface area contributed by atoms with E-state index >= 15 is 0 Å². The molecule has 4 aliphatic rings.